The monoisotopic (exact) mass is 265 g/mol. The summed E-state index contributed by atoms with van der Waals surface area (Å²) in [6.07, 6.45) is 4.96. The van der Waals surface area contributed by atoms with Gasteiger partial charge in [-0.2, -0.15) is 0 Å². The summed E-state index contributed by atoms with van der Waals surface area (Å²) >= 11 is 0. The molecule has 0 amide bonds. The summed E-state index contributed by atoms with van der Waals surface area (Å²) in [7, 11) is 0. The van der Waals surface area contributed by atoms with E-state index in [1.165, 1.54) is 12.8 Å². The van der Waals surface area contributed by atoms with Crippen LogP contribution in [0.4, 0.5) is 0 Å². The van der Waals surface area contributed by atoms with E-state index in [9.17, 15) is 0 Å². The van der Waals surface area contributed by atoms with Gasteiger partial charge in [0.1, 0.15) is 5.76 Å². The molecule has 1 aromatic heterocycles. The minimum absolute atomic E-state index is 0.681. The number of hydrogen-bond acceptors (Lipinski definition) is 2. The topological polar surface area (TPSA) is 49.6 Å². The molecule has 19 heavy (non-hydrogen) atoms. The van der Waals surface area contributed by atoms with Gasteiger partial charge in [0.15, 0.2) is 5.96 Å². The van der Waals surface area contributed by atoms with Gasteiger partial charge in [-0.3, -0.25) is 4.99 Å². The van der Waals surface area contributed by atoms with Gasteiger partial charge in [0.25, 0.3) is 0 Å². The molecule has 1 aromatic rings. The van der Waals surface area contributed by atoms with Crippen molar-refractivity contribution in [2.24, 2.45) is 10.9 Å². The highest BCUT2D eigenvalue weighted by Crippen LogP contribution is 2.07. The number of hydrogen-bond donors (Lipinski definition) is 2. The third-order valence-corrected chi connectivity index (χ3v) is 3.25. The van der Waals surface area contributed by atoms with Crippen LogP contribution in [0.5, 0.6) is 0 Å². The number of rotatable bonds is 8. The van der Waals surface area contributed by atoms with Crippen molar-refractivity contribution >= 4 is 5.96 Å². The van der Waals surface area contributed by atoms with Gasteiger partial charge >= 0.3 is 0 Å². The Morgan fingerprint density at radius 2 is 2.05 bits per heavy atom. The Balaban J connectivity index is 2.36. The van der Waals surface area contributed by atoms with E-state index in [0.717, 1.165) is 37.8 Å². The highest BCUT2D eigenvalue weighted by atomic mass is 16.3. The van der Waals surface area contributed by atoms with Crippen LogP contribution in [0.3, 0.4) is 0 Å². The minimum atomic E-state index is 0.681. The van der Waals surface area contributed by atoms with E-state index in [0.29, 0.717) is 5.92 Å². The van der Waals surface area contributed by atoms with Crippen molar-refractivity contribution in [3.63, 3.8) is 0 Å². The van der Waals surface area contributed by atoms with Gasteiger partial charge in [0, 0.05) is 26.1 Å². The Morgan fingerprint density at radius 3 is 2.63 bits per heavy atom. The number of nitrogens with one attached hydrogen (secondary N) is 2. The lowest BCUT2D eigenvalue weighted by atomic mass is 10.0. The highest BCUT2D eigenvalue weighted by Gasteiger charge is 2.03. The summed E-state index contributed by atoms with van der Waals surface area (Å²) in [4.78, 5) is 4.64. The van der Waals surface area contributed by atoms with Gasteiger partial charge in [-0.1, -0.05) is 26.7 Å². The zero-order valence-corrected chi connectivity index (χ0v) is 12.4. The number of aliphatic imine (C=N–C) groups is 1. The van der Waals surface area contributed by atoms with Crippen LogP contribution in [0.25, 0.3) is 0 Å². The molecule has 0 unspecified atom stereocenters. The SMILES string of the molecule is CCNC(=NCC(CC)CC)NCCc1ccco1. The molecule has 0 aliphatic rings. The summed E-state index contributed by atoms with van der Waals surface area (Å²) in [6.45, 7) is 9.14. The maximum Gasteiger partial charge on any atom is 0.191 e. The van der Waals surface area contributed by atoms with Gasteiger partial charge in [-0.25, -0.2) is 0 Å². The normalized spacial score (nSPS) is 11.9. The largest absolute Gasteiger partial charge is 0.469 e. The van der Waals surface area contributed by atoms with Crippen molar-refractivity contribution in [1.82, 2.24) is 10.6 Å². The van der Waals surface area contributed by atoms with Crippen LogP contribution in [-0.2, 0) is 6.42 Å². The minimum Gasteiger partial charge on any atom is -0.469 e. The van der Waals surface area contributed by atoms with Crippen LogP contribution >= 0.6 is 0 Å². The summed E-state index contributed by atoms with van der Waals surface area (Å²) in [5.74, 6) is 2.59. The van der Waals surface area contributed by atoms with Gasteiger partial charge in [0.2, 0.25) is 0 Å². The van der Waals surface area contributed by atoms with Crippen LogP contribution in [0.1, 0.15) is 39.4 Å². The molecule has 1 rings (SSSR count). The van der Waals surface area contributed by atoms with Crippen LogP contribution < -0.4 is 10.6 Å². The lowest BCUT2D eigenvalue weighted by molar-refractivity contribution is 0.500. The van der Waals surface area contributed by atoms with Crippen molar-refractivity contribution in [2.75, 3.05) is 19.6 Å². The Morgan fingerprint density at radius 1 is 1.26 bits per heavy atom. The molecule has 0 radical (unpaired) electrons. The second kappa shape index (κ2) is 9.48. The van der Waals surface area contributed by atoms with Crippen LogP contribution in [0.15, 0.2) is 27.8 Å². The highest BCUT2D eigenvalue weighted by molar-refractivity contribution is 5.79. The molecule has 1 heterocycles. The van der Waals surface area contributed by atoms with Gasteiger partial charge in [-0.05, 0) is 25.0 Å². The first-order valence-electron chi connectivity index (χ1n) is 7.34. The maximum absolute atomic E-state index is 5.31. The third-order valence-electron chi connectivity index (χ3n) is 3.25. The van der Waals surface area contributed by atoms with E-state index in [4.69, 9.17) is 4.42 Å². The molecule has 4 nitrogen and oxygen atoms in total. The maximum atomic E-state index is 5.31. The van der Waals surface area contributed by atoms with Gasteiger partial charge < -0.3 is 15.1 Å². The molecular weight excluding hydrogens is 238 g/mol. The summed E-state index contributed by atoms with van der Waals surface area (Å²) < 4.78 is 5.31. The number of nitrogens with zero attached hydrogens (tertiary/aromatic N) is 1. The Hall–Kier alpha value is -1.45. The molecule has 0 spiro atoms. The predicted octanol–water partition coefficient (Wildman–Crippen LogP) is 2.81. The summed E-state index contributed by atoms with van der Waals surface area (Å²) in [5, 5.41) is 6.62. The summed E-state index contributed by atoms with van der Waals surface area (Å²) in [5.41, 5.74) is 0. The lowest BCUT2D eigenvalue weighted by Crippen LogP contribution is -2.38. The van der Waals surface area contributed by atoms with Crippen molar-refractivity contribution in [3.05, 3.63) is 24.2 Å². The van der Waals surface area contributed by atoms with E-state index in [1.807, 2.05) is 12.1 Å². The first-order valence-corrected chi connectivity index (χ1v) is 7.34. The molecule has 108 valence electrons. The standard InChI is InChI=1S/C15H27N3O/c1-4-13(5-2)12-18-15(16-6-3)17-10-9-14-8-7-11-19-14/h7-8,11,13H,4-6,9-10,12H2,1-3H3,(H2,16,17,18). The zero-order valence-electron chi connectivity index (χ0n) is 12.4. The molecule has 0 aliphatic carbocycles. The van der Waals surface area contributed by atoms with Crippen LogP contribution in [0.2, 0.25) is 0 Å². The molecule has 4 heteroatoms. The Kier molecular flexibility index (Phi) is 7.78. The van der Waals surface area contributed by atoms with Gasteiger partial charge in [0.05, 0.1) is 6.26 Å². The fourth-order valence-electron chi connectivity index (χ4n) is 1.87. The second-order valence-corrected chi connectivity index (χ2v) is 4.66. The van der Waals surface area contributed by atoms with E-state index < -0.39 is 0 Å². The first-order chi connectivity index (χ1) is 9.30. The van der Waals surface area contributed by atoms with E-state index in [2.05, 4.69) is 36.4 Å². The molecular formula is C15H27N3O. The number of guanidine groups is 1. The molecule has 0 fully saturated rings. The van der Waals surface area contributed by atoms with Crippen LogP contribution in [-0.4, -0.2) is 25.6 Å². The smallest absolute Gasteiger partial charge is 0.191 e. The fourth-order valence-corrected chi connectivity index (χ4v) is 1.87. The summed E-state index contributed by atoms with van der Waals surface area (Å²) in [6, 6.07) is 3.91. The van der Waals surface area contributed by atoms with Crippen LogP contribution in [0, 0.1) is 5.92 Å². The second-order valence-electron chi connectivity index (χ2n) is 4.66. The molecule has 0 atom stereocenters. The Bertz CT molecular complexity index is 342. The average Bonchev–Trinajstić information content (AvgIpc) is 2.93. The molecule has 0 saturated heterocycles. The van der Waals surface area contributed by atoms with Crippen molar-refractivity contribution in [1.29, 1.82) is 0 Å². The zero-order chi connectivity index (χ0) is 13.9. The quantitative estimate of drug-likeness (QED) is 0.561. The lowest BCUT2D eigenvalue weighted by Gasteiger charge is -2.13. The van der Waals surface area contributed by atoms with Crippen molar-refractivity contribution < 1.29 is 4.42 Å². The third kappa shape index (κ3) is 6.32. The molecule has 0 saturated carbocycles. The average molecular weight is 265 g/mol. The van der Waals surface area contributed by atoms with Crippen molar-refractivity contribution in [2.45, 2.75) is 40.0 Å². The molecule has 0 aromatic carbocycles. The first kappa shape index (κ1) is 15.6. The Labute approximate surface area is 116 Å². The van der Waals surface area contributed by atoms with E-state index in [1.54, 1.807) is 6.26 Å². The van der Waals surface area contributed by atoms with E-state index in [-0.39, 0.29) is 0 Å². The predicted molar refractivity (Wildman–Crippen MR) is 80.5 cm³/mol. The molecule has 0 aliphatic heterocycles. The van der Waals surface area contributed by atoms with Gasteiger partial charge in [-0.15, -0.1) is 0 Å². The fraction of sp³-hybridized carbons (Fsp3) is 0.667. The van der Waals surface area contributed by atoms with Crippen molar-refractivity contribution in [3.8, 4) is 0 Å². The molecule has 0 bridgehead atoms. The number of furan rings is 1. The molecule has 2 N–H and O–H groups in total. The van der Waals surface area contributed by atoms with E-state index >= 15 is 0 Å².